The van der Waals surface area contributed by atoms with E-state index in [0.29, 0.717) is 17.0 Å². The van der Waals surface area contributed by atoms with Crippen LogP contribution in [0.2, 0.25) is 5.15 Å². The minimum atomic E-state index is 0.332. The molecule has 0 N–H and O–H groups in total. The highest BCUT2D eigenvalue weighted by Crippen LogP contribution is 2.30. The van der Waals surface area contributed by atoms with Gasteiger partial charge in [-0.1, -0.05) is 39.3 Å². The maximum atomic E-state index is 6.13. The van der Waals surface area contributed by atoms with E-state index in [9.17, 15) is 0 Å². The maximum Gasteiger partial charge on any atom is 0.138 e. The van der Waals surface area contributed by atoms with E-state index < -0.39 is 0 Å². The molecule has 0 amide bonds. The summed E-state index contributed by atoms with van der Waals surface area (Å²) in [4.78, 5) is 10.5. The Hall–Kier alpha value is -0.830. The Morgan fingerprint density at radius 3 is 2.38 bits per heavy atom. The lowest BCUT2D eigenvalue weighted by Gasteiger charge is -2.24. The van der Waals surface area contributed by atoms with Crippen molar-refractivity contribution in [2.75, 3.05) is 18.5 Å². The van der Waals surface area contributed by atoms with Gasteiger partial charge in [-0.25, -0.2) is 9.97 Å². The van der Waals surface area contributed by atoms with Gasteiger partial charge in [-0.05, 0) is 11.8 Å². The van der Waals surface area contributed by atoms with Crippen LogP contribution in [0.25, 0.3) is 0 Å². The van der Waals surface area contributed by atoms with E-state index in [2.05, 4.69) is 42.6 Å². The summed E-state index contributed by atoms with van der Waals surface area (Å²) < 4.78 is 0. The van der Waals surface area contributed by atoms with Gasteiger partial charge < -0.3 is 4.90 Å². The van der Waals surface area contributed by atoms with E-state index >= 15 is 0 Å². The molecule has 1 aromatic heterocycles. The average Bonchev–Trinajstić information content (AvgIpc) is 2.15. The lowest BCUT2D eigenvalue weighted by molar-refractivity contribution is 0.630. The number of rotatable bonds is 4. The van der Waals surface area contributed by atoms with E-state index in [-0.39, 0.29) is 0 Å². The van der Waals surface area contributed by atoms with Crippen LogP contribution in [-0.4, -0.2) is 23.6 Å². The van der Waals surface area contributed by atoms with Crippen molar-refractivity contribution >= 4 is 17.4 Å². The van der Waals surface area contributed by atoms with Crippen molar-refractivity contribution in [1.82, 2.24) is 9.97 Å². The second-order valence-corrected chi connectivity index (χ2v) is 5.19. The summed E-state index contributed by atoms with van der Waals surface area (Å²) >= 11 is 6.13. The smallest absolute Gasteiger partial charge is 0.138 e. The molecule has 0 radical (unpaired) electrons. The summed E-state index contributed by atoms with van der Waals surface area (Å²) in [6, 6.07) is 0. The molecule has 0 spiro atoms. The first kappa shape index (κ1) is 13.2. The monoisotopic (exact) mass is 241 g/mol. The molecule has 3 nitrogen and oxygen atoms in total. The van der Waals surface area contributed by atoms with Crippen LogP contribution < -0.4 is 4.90 Å². The van der Waals surface area contributed by atoms with Crippen molar-refractivity contribution in [3.63, 3.8) is 0 Å². The Bertz CT molecular complexity index is 350. The lowest BCUT2D eigenvalue weighted by Crippen LogP contribution is -2.25. The number of nitrogens with zero attached hydrogens (tertiary/aromatic N) is 3. The van der Waals surface area contributed by atoms with Crippen LogP contribution >= 0.6 is 11.6 Å². The summed E-state index contributed by atoms with van der Waals surface area (Å²) in [5, 5.41) is 0.565. The van der Waals surface area contributed by atoms with Gasteiger partial charge in [0.1, 0.15) is 17.3 Å². The third kappa shape index (κ3) is 3.08. The molecule has 0 aliphatic carbocycles. The minimum Gasteiger partial charge on any atom is -0.359 e. The van der Waals surface area contributed by atoms with Gasteiger partial charge >= 0.3 is 0 Å². The van der Waals surface area contributed by atoms with Crippen molar-refractivity contribution in [3.05, 3.63) is 17.0 Å². The van der Waals surface area contributed by atoms with Gasteiger partial charge in [0.05, 0.1) is 0 Å². The quantitative estimate of drug-likeness (QED) is 0.757. The van der Waals surface area contributed by atoms with E-state index in [1.54, 1.807) is 0 Å². The fourth-order valence-corrected chi connectivity index (χ4v) is 2.15. The van der Waals surface area contributed by atoms with Gasteiger partial charge in [-0.15, -0.1) is 0 Å². The molecule has 0 atom stereocenters. The van der Waals surface area contributed by atoms with Gasteiger partial charge in [0.25, 0.3) is 0 Å². The molecule has 0 saturated heterocycles. The first-order chi connectivity index (χ1) is 7.43. The van der Waals surface area contributed by atoms with Gasteiger partial charge in [-0.3, -0.25) is 0 Å². The molecule has 1 aromatic rings. The van der Waals surface area contributed by atoms with Crippen molar-refractivity contribution in [3.8, 4) is 0 Å². The Labute approximate surface area is 103 Å². The summed E-state index contributed by atoms with van der Waals surface area (Å²) in [5.74, 6) is 1.88. The molecule has 0 bridgehead atoms. The van der Waals surface area contributed by atoms with Crippen LogP contribution in [0.5, 0.6) is 0 Å². The standard InChI is InChI=1S/C12H20ClN3/c1-8(2)6-16(5)12-10(9(3)4)11(13)14-7-15-12/h7-9H,6H2,1-5H3. The Balaban J connectivity index is 3.07. The van der Waals surface area contributed by atoms with Crippen molar-refractivity contribution in [1.29, 1.82) is 0 Å². The van der Waals surface area contributed by atoms with Gasteiger partial charge in [0.15, 0.2) is 0 Å². The molecular formula is C12H20ClN3. The van der Waals surface area contributed by atoms with Crippen molar-refractivity contribution in [2.24, 2.45) is 5.92 Å². The van der Waals surface area contributed by atoms with Gasteiger partial charge in [0, 0.05) is 19.2 Å². The molecule has 0 saturated carbocycles. The molecular weight excluding hydrogens is 222 g/mol. The van der Waals surface area contributed by atoms with Crippen LogP contribution in [0.4, 0.5) is 5.82 Å². The highest BCUT2D eigenvalue weighted by molar-refractivity contribution is 6.30. The second-order valence-electron chi connectivity index (χ2n) is 4.83. The van der Waals surface area contributed by atoms with Crippen molar-refractivity contribution < 1.29 is 0 Å². The third-order valence-electron chi connectivity index (χ3n) is 2.39. The minimum absolute atomic E-state index is 0.332. The SMILES string of the molecule is CC(C)CN(C)c1ncnc(Cl)c1C(C)C. The van der Waals surface area contributed by atoms with Crippen LogP contribution in [0, 0.1) is 5.92 Å². The Kier molecular flexibility index (Phi) is 4.54. The average molecular weight is 242 g/mol. The summed E-state index contributed by atoms with van der Waals surface area (Å²) in [6.45, 7) is 9.56. The Morgan fingerprint density at radius 1 is 1.25 bits per heavy atom. The number of hydrogen-bond donors (Lipinski definition) is 0. The topological polar surface area (TPSA) is 29.0 Å². The molecule has 0 aliphatic heterocycles. The molecule has 0 fully saturated rings. The van der Waals surface area contributed by atoms with Gasteiger partial charge in [0.2, 0.25) is 0 Å². The largest absolute Gasteiger partial charge is 0.359 e. The highest BCUT2D eigenvalue weighted by atomic mass is 35.5. The fourth-order valence-electron chi connectivity index (χ4n) is 1.80. The van der Waals surface area contributed by atoms with E-state index in [0.717, 1.165) is 17.9 Å². The predicted octanol–water partition coefficient (Wildman–Crippen LogP) is 3.35. The van der Waals surface area contributed by atoms with E-state index in [4.69, 9.17) is 11.6 Å². The molecule has 90 valence electrons. The molecule has 0 aliphatic rings. The zero-order valence-corrected chi connectivity index (χ0v) is 11.4. The third-order valence-corrected chi connectivity index (χ3v) is 2.69. The summed E-state index contributed by atoms with van der Waals surface area (Å²) in [6.07, 6.45) is 1.53. The maximum absolute atomic E-state index is 6.13. The molecule has 4 heteroatoms. The highest BCUT2D eigenvalue weighted by Gasteiger charge is 2.16. The first-order valence-corrected chi connectivity index (χ1v) is 6.02. The fraction of sp³-hybridized carbons (Fsp3) is 0.667. The predicted molar refractivity (Wildman–Crippen MR) is 69.2 cm³/mol. The lowest BCUT2D eigenvalue weighted by atomic mass is 10.1. The van der Waals surface area contributed by atoms with E-state index in [1.807, 2.05) is 7.05 Å². The van der Waals surface area contributed by atoms with Crippen molar-refractivity contribution in [2.45, 2.75) is 33.6 Å². The molecule has 0 unspecified atom stereocenters. The molecule has 1 rings (SSSR count). The zero-order valence-electron chi connectivity index (χ0n) is 10.7. The molecule has 16 heavy (non-hydrogen) atoms. The normalized spacial score (nSPS) is 11.2. The summed E-state index contributed by atoms with van der Waals surface area (Å²) in [7, 11) is 2.05. The summed E-state index contributed by atoms with van der Waals surface area (Å²) in [5.41, 5.74) is 1.03. The first-order valence-electron chi connectivity index (χ1n) is 5.65. The number of aromatic nitrogens is 2. The second kappa shape index (κ2) is 5.48. The molecule has 0 aromatic carbocycles. The Morgan fingerprint density at radius 2 is 1.88 bits per heavy atom. The van der Waals surface area contributed by atoms with Crippen LogP contribution in [0.1, 0.15) is 39.2 Å². The van der Waals surface area contributed by atoms with Crippen LogP contribution in [-0.2, 0) is 0 Å². The number of anilines is 1. The number of halogens is 1. The number of hydrogen-bond acceptors (Lipinski definition) is 3. The van der Waals surface area contributed by atoms with Crippen LogP contribution in [0.3, 0.4) is 0 Å². The molecule has 1 heterocycles. The van der Waals surface area contributed by atoms with Crippen LogP contribution in [0.15, 0.2) is 6.33 Å². The van der Waals surface area contributed by atoms with Gasteiger partial charge in [-0.2, -0.15) is 0 Å². The zero-order chi connectivity index (χ0) is 12.3. The van der Waals surface area contributed by atoms with E-state index in [1.165, 1.54) is 6.33 Å².